The van der Waals surface area contributed by atoms with Gasteiger partial charge in [0.05, 0.1) is 6.54 Å². The summed E-state index contributed by atoms with van der Waals surface area (Å²) in [7, 11) is 4.04. The highest BCUT2D eigenvalue weighted by molar-refractivity contribution is 5.85. The number of likely N-dealkylation sites (N-methyl/N-ethyl adjacent to an activating group) is 1. The van der Waals surface area contributed by atoms with Gasteiger partial charge in [0.25, 0.3) is 0 Å². The van der Waals surface area contributed by atoms with Crippen LogP contribution in [0.5, 0.6) is 0 Å². The highest BCUT2D eigenvalue weighted by Crippen LogP contribution is 1.93. The van der Waals surface area contributed by atoms with Gasteiger partial charge in [-0.2, -0.15) is 0 Å². The Balaban J connectivity index is 0.00000144. The zero-order valence-corrected chi connectivity index (χ0v) is 9.06. The van der Waals surface area contributed by atoms with E-state index in [-0.39, 0.29) is 18.3 Å². The lowest BCUT2D eigenvalue weighted by Gasteiger charge is -2.28. The number of hydrogen-bond acceptors (Lipinski definition) is 3. The third kappa shape index (κ3) is 4.45. The van der Waals surface area contributed by atoms with Crippen molar-refractivity contribution in [3.8, 4) is 0 Å². The van der Waals surface area contributed by atoms with E-state index >= 15 is 0 Å². The standard InChI is InChI=1S/C8H17N3O.ClH/c1-10(2)5-6-11-4-3-9-7-8(11)12;/h9H,3-7H2,1-2H3;1H. The van der Waals surface area contributed by atoms with E-state index in [2.05, 4.69) is 10.2 Å². The van der Waals surface area contributed by atoms with Crippen molar-refractivity contribution in [3.63, 3.8) is 0 Å². The number of carbonyl (C=O) groups is 1. The summed E-state index contributed by atoms with van der Waals surface area (Å²) in [5.41, 5.74) is 0. The minimum atomic E-state index is 0. The van der Waals surface area contributed by atoms with Gasteiger partial charge >= 0.3 is 0 Å². The fourth-order valence-corrected chi connectivity index (χ4v) is 1.20. The molecule has 0 bridgehead atoms. The summed E-state index contributed by atoms with van der Waals surface area (Å²) in [5, 5.41) is 3.05. The topological polar surface area (TPSA) is 35.6 Å². The lowest BCUT2D eigenvalue weighted by molar-refractivity contribution is -0.132. The zero-order valence-electron chi connectivity index (χ0n) is 8.25. The minimum absolute atomic E-state index is 0. The second kappa shape index (κ2) is 6.18. The lowest BCUT2D eigenvalue weighted by Crippen LogP contribution is -2.49. The van der Waals surface area contributed by atoms with Gasteiger partial charge in [-0.3, -0.25) is 4.79 Å². The van der Waals surface area contributed by atoms with Gasteiger partial charge in [0.2, 0.25) is 5.91 Å². The Morgan fingerprint density at radius 2 is 2.23 bits per heavy atom. The van der Waals surface area contributed by atoms with Crippen LogP contribution in [-0.4, -0.2) is 62.5 Å². The van der Waals surface area contributed by atoms with E-state index < -0.39 is 0 Å². The van der Waals surface area contributed by atoms with Crippen LogP contribution >= 0.6 is 12.4 Å². The number of nitrogens with zero attached hydrogens (tertiary/aromatic N) is 2. The molecule has 0 saturated carbocycles. The van der Waals surface area contributed by atoms with E-state index in [1.807, 2.05) is 19.0 Å². The molecular weight excluding hydrogens is 190 g/mol. The predicted molar refractivity (Wildman–Crippen MR) is 55.3 cm³/mol. The molecular formula is C8H18ClN3O. The molecule has 4 nitrogen and oxygen atoms in total. The fraction of sp³-hybridized carbons (Fsp3) is 0.875. The Hall–Kier alpha value is -0.320. The van der Waals surface area contributed by atoms with Crippen LogP contribution in [-0.2, 0) is 4.79 Å². The highest BCUT2D eigenvalue weighted by atomic mass is 35.5. The summed E-state index contributed by atoms with van der Waals surface area (Å²) in [6.45, 7) is 4.10. The Bertz CT molecular complexity index is 163. The summed E-state index contributed by atoms with van der Waals surface area (Å²) in [4.78, 5) is 15.3. The molecule has 0 spiro atoms. The molecule has 1 amide bonds. The average Bonchev–Trinajstić information content (AvgIpc) is 2.03. The van der Waals surface area contributed by atoms with Crippen molar-refractivity contribution >= 4 is 18.3 Å². The van der Waals surface area contributed by atoms with Crippen LogP contribution in [0.2, 0.25) is 0 Å². The first-order valence-corrected chi connectivity index (χ1v) is 4.33. The van der Waals surface area contributed by atoms with E-state index in [1.54, 1.807) is 0 Å². The third-order valence-electron chi connectivity index (χ3n) is 2.00. The SMILES string of the molecule is CN(C)CCN1CCNCC1=O.Cl. The van der Waals surface area contributed by atoms with Crippen LogP contribution < -0.4 is 5.32 Å². The van der Waals surface area contributed by atoms with Crippen LogP contribution in [0.3, 0.4) is 0 Å². The molecule has 1 N–H and O–H groups in total. The molecule has 1 fully saturated rings. The van der Waals surface area contributed by atoms with Crippen molar-refractivity contribution in [1.82, 2.24) is 15.1 Å². The van der Waals surface area contributed by atoms with Gasteiger partial charge in [-0.25, -0.2) is 0 Å². The first kappa shape index (κ1) is 12.7. The van der Waals surface area contributed by atoms with Crippen molar-refractivity contribution < 1.29 is 4.79 Å². The Labute approximate surface area is 85.7 Å². The minimum Gasteiger partial charge on any atom is -0.339 e. The maximum atomic E-state index is 11.3. The molecule has 0 aliphatic carbocycles. The van der Waals surface area contributed by atoms with Gasteiger partial charge in [0, 0.05) is 26.2 Å². The van der Waals surface area contributed by atoms with Crippen LogP contribution in [0, 0.1) is 0 Å². The van der Waals surface area contributed by atoms with Gasteiger partial charge < -0.3 is 15.1 Å². The van der Waals surface area contributed by atoms with Gasteiger partial charge in [0.15, 0.2) is 0 Å². The summed E-state index contributed by atoms with van der Waals surface area (Å²) in [6, 6.07) is 0. The average molecular weight is 208 g/mol. The summed E-state index contributed by atoms with van der Waals surface area (Å²) >= 11 is 0. The van der Waals surface area contributed by atoms with E-state index in [4.69, 9.17) is 0 Å². The summed E-state index contributed by atoms with van der Waals surface area (Å²) < 4.78 is 0. The maximum Gasteiger partial charge on any atom is 0.236 e. The van der Waals surface area contributed by atoms with E-state index in [0.29, 0.717) is 6.54 Å². The zero-order chi connectivity index (χ0) is 8.97. The Morgan fingerprint density at radius 1 is 1.54 bits per heavy atom. The van der Waals surface area contributed by atoms with Crippen molar-refractivity contribution in [2.45, 2.75) is 0 Å². The molecule has 1 aliphatic heterocycles. The lowest BCUT2D eigenvalue weighted by atomic mass is 10.3. The van der Waals surface area contributed by atoms with Crippen molar-refractivity contribution in [2.24, 2.45) is 0 Å². The van der Waals surface area contributed by atoms with Gasteiger partial charge in [-0.1, -0.05) is 0 Å². The quantitative estimate of drug-likeness (QED) is 0.672. The first-order valence-electron chi connectivity index (χ1n) is 4.33. The number of halogens is 1. The molecule has 13 heavy (non-hydrogen) atoms. The van der Waals surface area contributed by atoms with Crippen LogP contribution in [0.25, 0.3) is 0 Å². The monoisotopic (exact) mass is 207 g/mol. The number of piperazine rings is 1. The van der Waals surface area contributed by atoms with Gasteiger partial charge in [-0.05, 0) is 14.1 Å². The van der Waals surface area contributed by atoms with Crippen LogP contribution in [0.4, 0.5) is 0 Å². The van der Waals surface area contributed by atoms with Gasteiger partial charge in [0.1, 0.15) is 0 Å². The van der Waals surface area contributed by atoms with E-state index in [1.165, 1.54) is 0 Å². The first-order chi connectivity index (χ1) is 5.70. The molecule has 78 valence electrons. The van der Waals surface area contributed by atoms with Crippen molar-refractivity contribution in [1.29, 1.82) is 0 Å². The Morgan fingerprint density at radius 3 is 2.77 bits per heavy atom. The molecule has 0 aromatic carbocycles. The molecule has 1 heterocycles. The highest BCUT2D eigenvalue weighted by Gasteiger charge is 2.16. The fourth-order valence-electron chi connectivity index (χ4n) is 1.20. The Kier molecular flexibility index (Phi) is 6.03. The number of hydrogen-bond donors (Lipinski definition) is 1. The van der Waals surface area contributed by atoms with Crippen LogP contribution in [0.1, 0.15) is 0 Å². The normalized spacial score (nSPS) is 17.5. The molecule has 1 aliphatic rings. The molecule has 5 heteroatoms. The largest absolute Gasteiger partial charge is 0.339 e. The molecule has 1 rings (SSSR count). The number of carbonyl (C=O) groups excluding carboxylic acids is 1. The van der Waals surface area contributed by atoms with Crippen molar-refractivity contribution in [3.05, 3.63) is 0 Å². The number of nitrogens with one attached hydrogen (secondary N) is 1. The third-order valence-corrected chi connectivity index (χ3v) is 2.00. The molecule has 0 atom stereocenters. The number of amides is 1. The smallest absolute Gasteiger partial charge is 0.236 e. The second-order valence-corrected chi connectivity index (χ2v) is 3.36. The summed E-state index contributed by atoms with van der Waals surface area (Å²) in [6.07, 6.45) is 0. The molecule has 0 aromatic rings. The van der Waals surface area contributed by atoms with Crippen molar-refractivity contribution in [2.75, 3.05) is 46.8 Å². The maximum absolute atomic E-state index is 11.3. The molecule has 0 unspecified atom stereocenters. The predicted octanol–water partition coefficient (Wildman–Crippen LogP) is -0.598. The second-order valence-electron chi connectivity index (χ2n) is 3.36. The van der Waals surface area contributed by atoms with E-state index in [9.17, 15) is 4.79 Å². The molecule has 1 saturated heterocycles. The van der Waals surface area contributed by atoms with Crippen LogP contribution in [0.15, 0.2) is 0 Å². The molecule has 0 aromatic heterocycles. The van der Waals surface area contributed by atoms with E-state index in [0.717, 1.165) is 26.2 Å². The molecule has 0 radical (unpaired) electrons. The number of rotatable bonds is 3. The summed E-state index contributed by atoms with van der Waals surface area (Å²) in [5.74, 6) is 0.225. The van der Waals surface area contributed by atoms with Gasteiger partial charge in [-0.15, -0.1) is 12.4 Å².